The number of aryl methyl sites for hydroxylation is 1. The van der Waals surface area contributed by atoms with Gasteiger partial charge in [0.1, 0.15) is 9.52 Å². The first-order valence-electron chi connectivity index (χ1n) is 4.84. The molecule has 2 aromatic heterocycles. The number of carbonyl (C=O) groups excluding carboxylic acids is 1. The van der Waals surface area contributed by atoms with Gasteiger partial charge in [0.15, 0.2) is 0 Å². The summed E-state index contributed by atoms with van der Waals surface area (Å²) in [7, 11) is 1.37. The third kappa shape index (κ3) is 2.13. The van der Waals surface area contributed by atoms with Crippen LogP contribution < -0.4 is 0 Å². The van der Waals surface area contributed by atoms with Crippen molar-refractivity contribution >= 4 is 29.5 Å². The number of thiophene rings is 1. The highest BCUT2D eigenvalue weighted by Gasteiger charge is 2.19. The molecular weight excluding hydrogens is 256 g/mol. The topological polar surface area (TPSA) is 55.0 Å². The highest BCUT2D eigenvalue weighted by Crippen LogP contribution is 2.32. The lowest BCUT2D eigenvalue weighted by Crippen LogP contribution is -2.01. The lowest BCUT2D eigenvalue weighted by atomic mass is 10.1. The van der Waals surface area contributed by atoms with Gasteiger partial charge in [-0.05, 0) is 17.9 Å². The van der Waals surface area contributed by atoms with Gasteiger partial charge in [0.05, 0.1) is 13.4 Å². The first-order valence-corrected chi connectivity index (χ1v) is 6.13. The lowest BCUT2D eigenvalue weighted by molar-refractivity contribution is 0.0607. The van der Waals surface area contributed by atoms with Crippen LogP contribution in [-0.2, 0) is 4.74 Å². The highest BCUT2D eigenvalue weighted by molar-refractivity contribution is 7.71. The number of hydrogen-bond donors (Lipinski definition) is 1. The van der Waals surface area contributed by atoms with Crippen molar-refractivity contribution < 1.29 is 9.53 Å². The third-order valence-electron chi connectivity index (χ3n) is 2.33. The normalized spacial score (nSPS) is 10.2. The van der Waals surface area contributed by atoms with Gasteiger partial charge in [-0.2, -0.15) is 0 Å². The van der Waals surface area contributed by atoms with Crippen LogP contribution in [0.3, 0.4) is 0 Å². The van der Waals surface area contributed by atoms with E-state index in [1.54, 1.807) is 6.20 Å². The second-order valence-electron chi connectivity index (χ2n) is 3.41. The van der Waals surface area contributed by atoms with Gasteiger partial charge in [0.2, 0.25) is 0 Å². The van der Waals surface area contributed by atoms with Crippen LogP contribution in [-0.4, -0.2) is 23.0 Å². The van der Waals surface area contributed by atoms with E-state index < -0.39 is 0 Å². The summed E-state index contributed by atoms with van der Waals surface area (Å²) in [5.74, 6) is -0.351. The quantitative estimate of drug-likeness (QED) is 0.670. The van der Waals surface area contributed by atoms with Crippen LogP contribution in [0.25, 0.3) is 11.1 Å². The molecule has 0 radical (unpaired) electrons. The fourth-order valence-corrected chi connectivity index (χ4v) is 2.73. The van der Waals surface area contributed by atoms with Crippen molar-refractivity contribution in [2.45, 2.75) is 6.92 Å². The fourth-order valence-electron chi connectivity index (χ4n) is 1.54. The molecule has 0 saturated heterocycles. The summed E-state index contributed by atoms with van der Waals surface area (Å²) in [5, 5.41) is 1.91. The maximum atomic E-state index is 11.7. The van der Waals surface area contributed by atoms with Crippen molar-refractivity contribution in [1.29, 1.82) is 0 Å². The van der Waals surface area contributed by atoms with E-state index in [9.17, 15) is 4.79 Å². The molecule has 0 bridgehead atoms. The van der Waals surface area contributed by atoms with Crippen molar-refractivity contribution in [1.82, 2.24) is 9.97 Å². The predicted molar refractivity (Wildman–Crippen MR) is 68.8 cm³/mol. The van der Waals surface area contributed by atoms with E-state index in [2.05, 4.69) is 9.97 Å². The zero-order valence-electron chi connectivity index (χ0n) is 9.31. The largest absolute Gasteiger partial charge is 0.465 e. The highest BCUT2D eigenvalue weighted by atomic mass is 32.1. The second kappa shape index (κ2) is 4.77. The lowest BCUT2D eigenvalue weighted by Gasteiger charge is -2.04. The Morgan fingerprint density at radius 3 is 3.00 bits per heavy atom. The first kappa shape index (κ1) is 11.9. The molecule has 0 aliphatic heterocycles. The standard InChI is InChI=1S/C11H10N2O2S2/c1-6-4-17-9(11(14)15-2)8(6)7-3-12-5-13-10(7)16/h3-5H,1-2H3,(H,12,13,16). The number of carbonyl (C=O) groups is 1. The van der Waals surface area contributed by atoms with Crippen molar-refractivity contribution in [3.8, 4) is 11.1 Å². The van der Waals surface area contributed by atoms with E-state index in [0.717, 1.165) is 16.7 Å². The van der Waals surface area contributed by atoms with Crippen LogP contribution in [0.15, 0.2) is 17.9 Å². The van der Waals surface area contributed by atoms with Crippen molar-refractivity contribution in [2.75, 3.05) is 7.11 Å². The fraction of sp³-hybridized carbons (Fsp3) is 0.182. The molecule has 0 aromatic carbocycles. The number of ether oxygens (including phenoxy) is 1. The molecule has 0 aliphatic carbocycles. The van der Waals surface area contributed by atoms with Gasteiger partial charge in [0.25, 0.3) is 0 Å². The van der Waals surface area contributed by atoms with Gasteiger partial charge < -0.3 is 9.72 Å². The number of methoxy groups -OCH3 is 1. The van der Waals surface area contributed by atoms with Crippen LogP contribution in [0.4, 0.5) is 0 Å². The molecule has 6 heteroatoms. The molecule has 88 valence electrons. The maximum Gasteiger partial charge on any atom is 0.348 e. The Morgan fingerprint density at radius 1 is 1.59 bits per heavy atom. The first-order chi connectivity index (χ1) is 8.15. The molecule has 0 saturated carbocycles. The number of rotatable bonds is 2. The molecule has 17 heavy (non-hydrogen) atoms. The van der Waals surface area contributed by atoms with E-state index in [4.69, 9.17) is 17.0 Å². The number of nitrogens with one attached hydrogen (secondary N) is 1. The van der Waals surface area contributed by atoms with Gasteiger partial charge in [-0.25, -0.2) is 9.78 Å². The van der Waals surface area contributed by atoms with Crippen LogP contribution in [0.2, 0.25) is 0 Å². The average Bonchev–Trinajstić information content (AvgIpc) is 2.71. The minimum atomic E-state index is -0.351. The summed E-state index contributed by atoms with van der Waals surface area (Å²) >= 11 is 6.55. The monoisotopic (exact) mass is 266 g/mol. The van der Waals surface area contributed by atoms with E-state index >= 15 is 0 Å². The van der Waals surface area contributed by atoms with Gasteiger partial charge in [0, 0.05) is 17.3 Å². The third-order valence-corrected chi connectivity index (χ3v) is 3.75. The van der Waals surface area contributed by atoms with Crippen LogP contribution in [0.1, 0.15) is 15.2 Å². The number of esters is 1. The van der Waals surface area contributed by atoms with Crippen LogP contribution in [0.5, 0.6) is 0 Å². The summed E-state index contributed by atoms with van der Waals surface area (Å²) in [6.07, 6.45) is 3.17. The van der Waals surface area contributed by atoms with Gasteiger partial charge in [-0.15, -0.1) is 11.3 Å². The van der Waals surface area contributed by atoms with Crippen molar-refractivity contribution in [3.63, 3.8) is 0 Å². The molecule has 0 atom stereocenters. The molecule has 2 rings (SSSR count). The minimum absolute atomic E-state index is 0.351. The summed E-state index contributed by atoms with van der Waals surface area (Å²) < 4.78 is 5.32. The summed E-state index contributed by atoms with van der Waals surface area (Å²) in [4.78, 5) is 19.1. The number of aromatic amines is 1. The molecule has 4 nitrogen and oxygen atoms in total. The van der Waals surface area contributed by atoms with E-state index in [1.807, 2.05) is 12.3 Å². The average molecular weight is 266 g/mol. The molecule has 0 unspecified atom stereocenters. The maximum absolute atomic E-state index is 11.7. The Labute approximate surface area is 107 Å². The molecule has 2 heterocycles. The summed E-state index contributed by atoms with van der Waals surface area (Å²) in [5.41, 5.74) is 2.54. The predicted octanol–water partition coefficient (Wildman–Crippen LogP) is 2.96. The Balaban J connectivity index is 2.67. The minimum Gasteiger partial charge on any atom is -0.465 e. The van der Waals surface area contributed by atoms with Crippen LogP contribution >= 0.6 is 23.6 Å². The summed E-state index contributed by atoms with van der Waals surface area (Å²) in [6.45, 7) is 1.93. The molecule has 1 N–H and O–H groups in total. The zero-order chi connectivity index (χ0) is 12.4. The molecule has 0 amide bonds. The van der Waals surface area contributed by atoms with Crippen molar-refractivity contribution in [3.05, 3.63) is 33.0 Å². The molecule has 2 aromatic rings. The zero-order valence-corrected chi connectivity index (χ0v) is 10.9. The number of H-pyrrole nitrogens is 1. The van der Waals surface area contributed by atoms with E-state index in [-0.39, 0.29) is 5.97 Å². The second-order valence-corrected chi connectivity index (χ2v) is 4.70. The Bertz CT molecular complexity index is 616. The number of nitrogens with zero attached hydrogens (tertiary/aromatic N) is 1. The molecule has 0 fully saturated rings. The molecule has 0 spiro atoms. The Kier molecular flexibility index (Phi) is 3.35. The summed E-state index contributed by atoms with van der Waals surface area (Å²) in [6, 6.07) is 0. The van der Waals surface area contributed by atoms with Crippen LogP contribution in [0, 0.1) is 11.6 Å². The van der Waals surface area contributed by atoms with E-state index in [1.165, 1.54) is 24.8 Å². The molecular formula is C11H10N2O2S2. The van der Waals surface area contributed by atoms with Gasteiger partial charge in [-0.3, -0.25) is 0 Å². The smallest absolute Gasteiger partial charge is 0.348 e. The Hall–Kier alpha value is -1.53. The number of aromatic nitrogens is 2. The Morgan fingerprint density at radius 2 is 2.35 bits per heavy atom. The van der Waals surface area contributed by atoms with Crippen molar-refractivity contribution in [2.24, 2.45) is 0 Å². The number of hydrogen-bond acceptors (Lipinski definition) is 5. The molecule has 0 aliphatic rings. The van der Waals surface area contributed by atoms with Gasteiger partial charge in [-0.1, -0.05) is 12.2 Å². The van der Waals surface area contributed by atoms with Gasteiger partial charge >= 0.3 is 5.97 Å². The van der Waals surface area contributed by atoms with E-state index in [0.29, 0.717) is 9.52 Å². The SMILES string of the molecule is COC(=O)c1scc(C)c1-c1cnc[nH]c1=S.